The van der Waals surface area contributed by atoms with Crippen molar-refractivity contribution < 1.29 is 24.5 Å². The molecule has 0 radical (unpaired) electrons. The third-order valence-corrected chi connectivity index (χ3v) is 13.7. The Morgan fingerprint density at radius 1 is 0.889 bits per heavy atom. The summed E-state index contributed by atoms with van der Waals surface area (Å²) in [5.41, 5.74) is 1.01. The maximum absolute atomic E-state index is 12.8. The lowest BCUT2D eigenvalue weighted by molar-refractivity contribution is -0.218. The molecule has 5 nitrogen and oxygen atoms in total. The van der Waals surface area contributed by atoms with Crippen molar-refractivity contribution in [2.45, 2.75) is 112 Å². The second-order valence-corrected chi connectivity index (χ2v) is 14.8. The minimum absolute atomic E-state index is 0.0975. The first-order chi connectivity index (χ1) is 16.6. The maximum atomic E-state index is 12.8. The number of hydrogen-bond donors (Lipinski definition) is 2. The van der Waals surface area contributed by atoms with Gasteiger partial charge < -0.3 is 14.9 Å². The molecule has 4 fully saturated rings. The maximum Gasteiger partial charge on any atom is 0.506 e. The molecule has 5 aliphatic rings. The second kappa shape index (κ2) is 7.99. The molecule has 0 aromatic rings. The third kappa shape index (κ3) is 3.13. The van der Waals surface area contributed by atoms with E-state index in [1.165, 1.54) is 25.7 Å². The Kier molecular flexibility index (Phi) is 5.79. The highest BCUT2D eigenvalue weighted by atomic mass is 16.7. The van der Waals surface area contributed by atoms with Crippen LogP contribution in [0, 0.1) is 56.7 Å². The molecule has 3 unspecified atom stereocenters. The van der Waals surface area contributed by atoms with E-state index < -0.39 is 23.6 Å². The molecular weight excluding hydrogens is 452 g/mol. The lowest BCUT2D eigenvalue weighted by Crippen LogP contribution is -2.66. The van der Waals surface area contributed by atoms with E-state index in [0.717, 1.165) is 31.6 Å². The first-order valence-corrected chi connectivity index (χ1v) is 14.5. The minimum Gasteiger partial charge on any atom is -0.481 e. The third-order valence-electron chi connectivity index (χ3n) is 13.7. The number of fused-ring (bicyclic) bond motifs is 7. The summed E-state index contributed by atoms with van der Waals surface area (Å²) in [4.78, 5) is 24.2. The Morgan fingerprint density at radius 3 is 2.22 bits per heavy atom. The summed E-state index contributed by atoms with van der Waals surface area (Å²) in [7, 11) is 0. The highest BCUT2D eigenvalue weighted by molar-refractivity contribution is 5.76. The van der Waals surface area contributed by atoms with Gasteiger partial charge in [0.1, 0.15) is 11.5 Å². The summed E-state index contributed by atoms with van der Waals surface area (Å²) in [6, 6.07) is 0. The number of carboxylic acids is 1. The zero-order chi connectivity index (χ0) is 26.5. The molecule has 0 spiro atoms. The quantitative estimate of drug-likeness (QED) is 0.299. The van der Waals surface area contributed by atoms with E-state index in [9.17, 15) is 19.8 Å². The van der Waals surface area contributed by atoms with Crippen LogP contribution < -0.4 is 0 Å². The standard InChI is InChI=1S/C31H48O5/c1-18-10-13-27(3)16-17-29(5)20(24(27)19(18)2)8-9-21-28(4)14-12-23(36-26(34)35)31(7,25(32)33)22(28)11-15-30(21,29)6/h8,18-19,21-24H,9-17H2,1-7H3,(H,32,33)(H,34,35)/t18-,19+,21?,22?,23-,24?,27-,28-,29-,30-,31-/m1/s1. The largest absolute Gasteiger partial charge is 0.506 e. The van der Waals surface area contributed by atoms with Crippen LogP contribution in [0.1, 0.15) is 106 Å². The molecule has 36 heavy (non-hydrogen) atoms. The van der Waals surface area contributed by atoms with Crippen molar-refractivity contribution in [3.8, 4) is 0 Å². The lowest BCUT2D eigenvalue weighted by Gasteiger charge is -2.71. The molecule has 0 saturated heterocycles. The zero-order valence-corrected chi connectivity index (χ0v) is 23.5. The van der Waals surface area contributed by atoms with Gasteiger partial charge in [-0.1, -0.05) is 53.2 Å². The van der Waals surface area contributed by atoms with Gasteiger partial charge in [0.15, 0.2) is 0 Å². The van der Waals surface area contributed by atoms with Crippen LogP contribution in [0.15, 0.2) is 11.6 Å². The van der Waals surface area contributed by atoms with E-state index in [2.05, 4.69) is 47.6 Å². The van der Waals surface area contributed by atoms with E-state index in [-0.39, 0.29) is 22.2 Å². The number of hydrogen-bond acceptors (Lipinski definition) is 3. The van der Waals surface area contributed by atoms with Gasteiger partial charge in [-0.2, -0.15) is 0 Å². The lowest BCUT2D eigenvalue weighted by atomic mass is 9.33. The van der Waals surface area contributed by atoms with Crippen LogP contribution in [-0.2, 0) is 9.53 Å². The topological polar surface area (TPSA) is 83.8 Å². The Labute approximate surface area is 217 Å². The van der Waals surface area contributed by atoms with Crippen LogP contribution in [0.3, 0.4) is 0 Å². The summed E-state index contributed by atoms with van der Waals surface area (Å²) >= 11 is 0. The average molecular weight is 501 g/mol. The number of allylic oxidation sites excluding steroid dienone is 2. The summed E-state index contributed by atoms with van der Waals surface area (Å²) in [6.07, 6.45) is 9.79. The predicted molar refractivity (Wildman–Crippen MR) is 140 cm³/mol. The fraction of sp³-hybridized carbons (Fsp3) is 0.871. The normalized spacial score (nSPS) is 54.1. The zero-order valence-electron chi connectivity index (χ0n) is 23.5. The van der Waals surface area contributed by atoms with Gasteiger partial charge in [0.05, 0.1) is 0 Å². The van der Waals surface area contributed by atoms with Crippen molar-refractivity contribution >= 4 is 12.1 Å². The summed E-state index contributed by atoms with van der Waals surface area (Å²) in [5.74, 6) is 1.48. The molecule has 2 N–H and O–H groups in total. The van der Waals surface area contributed by atoms with Gasteiger partial charge in [0, 0.05) is 0 Å². The van der Waals surface area contributed by atoms with Crippen LogP contribution in [0.2, 0.25) is 0 Å². The number of carbonyl (C=O) groups is 2. The van der Waals surface area contributed by atoms with Crippen molar-refractivity contribution in [2.75, 3.05) is 0 Å². The van der Waals surface area contributed by atoms with Crippen molar-refractivity contribution in [1.29, 1.82) is 0 Å². The van der Waals surface area contributed by atoms with Gasteiger partial charge in [0.2, 0.25) is 0 Å². The number of aliphatic carboxylic acids is 1. The molecule has 4 saturated carbocycles. The molecule has 0 aliphatic heterocycles. The van der Waals surface area contributed by atoms with Crippen LogP contribution >= 0.6 is 0 Å². The Bertz CT molecular complexity index is 987. The second-order valence-electron chi connectivity index (χ2n) is 14.8. The van der Waals surface area contributed by atoms with E-state index >= 15 is 0 Å². The van der Waals surface area contributed by atoms with E-state index in [1.54, 1.807) is 12.5 Å². The number of carboxylic acid groups (broad SMARTS) is 2. The molecule has 5 aliphatic carbocycles. The van der Waals surface area contributed by atoms with E-state index in [1.807, 2.05) is 0 Å². The molecule has 5 rings (SSSR count). The van der Waals surface area contributed by atoms with Crippen molar-refractivity contribution in [1.82, 2.24) is 0 Å². The first-order valence-electron chi connectivity index (χ1n) is 14.5. The van der Waals surface area contributed by atoms with Gasteiger partial charge in [0.25, 0.3) is 0 Å². The molecule has 11 atom stereocenters. The van der Waals surface area contributed by atoms with Crippen LogP contribution in [0.5, 0.6) is 0 Å². The predicted octanol–water partition coefficient (Wildman–Crippen LogP) is 7.79. The van der Waals surface area contributed by atoms with E-state index in [4.69, 9.17) is 4.74 Å². The van der Waals surface area contributed by atoms with Gasteiger partial charge in [-0.3, -0.25) is 4.79 Å². The fourth-order valence-corrected chi connectivity index (χ4v) is 11.1. The van der Waals surface area contributed by atoms with Crippen molar-refractivity contribution in [2.24, 2.45) is 56.7 Å². The van der Waals surface area contributed by atoms with Gasteiger partial charge in [-0.15, -0.1) is 0 Å². The molecule has 0 amide bonds. The minimum atomic E-state index is -1.37. The summed E-state index contributed by atoms with van der Waals surface area (Å²) in [6.45, 7) is 16.7. The number of ether oxygens (including phenoxy) is 1. The summed E-state index contributed by atoms with van der Waals surface area (Å²) in [5, 5.41) is 19.8. The van der Waals surface area contributed by atoms with Crippen molar-refractivity contribution in [3.05, 3.63) is 11.6 Å². The number of rotatable bonds is 2. The molecule has 5 heteroatoms. The molecule has 0 bridgehead atoms. The Balaban J connectivity index is 1.57. The monoisotopic (exact) mass is 500 g/mol. The molecule has 0 heterocycles. The molecule has 0 aromatic carbocycles. The Hall–Kier alpha value is -1.52. The van der Waals surface area contributed by atoms with Crippen LogP contribution in [0.4, 0.5) is 4.79 Å². The SMILES string of the molecule is C[C@@H]1CC[C@]2(C)CC[C@]3(C)C(=CCC4[C@@]5(C)CC[C@@H](OC(=O)O)[C@](C)(C(=O)O)C5CC[C@]43C)C2[C@H]1C. The first kappa shape index (κ1) is 26.1. The average Bonchev–Trinajstić information content (AvgIpc) is 2.79. The smallest absolute Gasteiger partial charge is 0.481 e. The van der Waals surface area contributed by atoms with Gasteiger partial charge in [-0.25, -0.2) is 4.79 Å². The van der Waals surface area contributed by atoms with Gasteiger partial charge in [-0.05, 0) is 116 Å². The van der Waals surface area contributed by atoms with Crippen LogP contribution in [0.25, 0.3) is 0 Å². The summed E-state index contributed by atoms with van der Waals surface area (Å²) < 4.78 is 5.24. The highest BCUT2D eigenvalue weighted by Gasteiger charge is 2.70. The van der Waals surface area contributed by atoms with Crippen molar-refractivity contribution in [3.63, 3.8) is 0 Å². The highest BCUT2D eigenvalue weighted by Crippen LogP contribution is 2.75. The van der Waals surface area contributed by atoms with Gasteiger partial charge >= 0.3 is 12.1 Å². The molecular formula is C31H48O5. The fourth-order valence-electron chi connectivity index (χ4n) is 11.1. The Morgan fingerprint density at radius 2 is 1.58 bits per heavy atom. The van der Waals surface area contributed by atoms with E-state index in [0.29, 0.717) is 29.6 Å². The molecule has 202 valence electrons. The molecule has 0 aromatic heterocycles. The van der Waals surface area contributed by atoms with Crippen LogP contribution in [-0.4, -0.2) is 28.4 Å².